The van der Waals surface area contributed by atoms with Crippen molar-refractivity contribution in [1.29, 1.82) is 0 Å². The van der Waals surface area contributed by atoms with E-state index in [0.717, 1.165) is 44.9 Å². The molecule has 2 unspecified atom stereocenters. The van der Waals surface area contributed by atoms with E-state index >= 15 is 0 Å². The maximum Gasteiger partial charge on any atom is 0.305 e. The summed E-state index contributed by atoms with van der Waals surface area (Å²) in [6.45, 7) is 4.95. The zero-order valence-electron chi connectivity index (χ0n) is 57.2. The number of rotatable bonds is 73. The fraction of sp³-hybridized carbons (Fsp3) is 0.923. The summed E-state index contributed by atoms with van der Waals surface area (Å²) in [6, 6.07) is -0.628. The van der Waals surface area contributed by atoms with Gasteiger partial charge in [-0.1, -0.05) is 391 Å². The molecule has 0 radical (unpaired) electrons. The van der Waals surface area contributed by atoms with Crippen LogP contribution in [0.1, 0.15) is 438 Å². The molecule has 0 aliphatic heterocycles. The van der Waals surface area contributed by atoms with Crippen molar-refractivity contribution in [3.05, 3.63) is 24.3 Å². The molecule has 0 bridgehead atoms. The lowest BCUT2D eigenvalue weighted by Crippen LogP contribution is -2.45. The zero-order chi connectivity index (χ0) is 60.6. The highest BCUT2D eigenvalue weighted by Gasteiger charge is 2.18. The highest BCUT2D eigenvalue weighted by molar-refractivity contribution is 5.76. The third-order valence-electron chi connectivity index (χ3n) is 18.2. The summed E-state index contributed by atoms with van der Waals surface area (Å²) in [5, 5.41) is 23.3. The van der Waals surface area contributed by atoms with Crippen molar-refractivity contribution in [2.75, 3.05) is 13.2 Å². The molecular weight excluding hydrogens is 1030 g/mol. The Kier molecular flexibility index (Phi) is 72.3. The SMILES string of the molecule is CCCCCCCC/C=C\CCCCCCCCCC(=O)OCCCCCCCCCCCCCCCCCCCCCCCCCCCCC(=O)NC(CO)C(O)/C=C/CCCCCCCCCCCCCCCCCCCCCCCC. The van der Waals surface area contributed by atoms with E-state index in [1.54, 1.807) is 6.08 Å². The summed E-state index contributed by atoms with van der Waals surface area (Å²) in [5.74, 6) is -0.0459. The third kappa shape index (κ3) is 69.4. The van der Waals surface area contributed by atoms with Crippen LogP contribution in [0.2, 0.25) is 0 Å². The number of nitrogens with one attached hydrogen (secondary N) is 1. The Morgan fingerprint density at radius 3 is 0.845 bits per heavy atom. The van der Waals surface area contributed by atoms with E-state index in [1.807, 2.05) is 6.08 Å². The molecule has 0 saturated carbocycles. The summed E-state index contributed by atoms with van der Waals surface area (Å²) < 4.78 is 5.51. The Hall–Kier alpha value is -1.66. The van der Waals surface area contributed by atoms with Crippen LogP contribution in [0.3, 0.4) is 0 Å². The molecule has 6 heteroatoms. The highest BCUT2D eigenvalue weighted by atomic mass is 16.5. The van der Waals surface area contributed by atoms with Gasteiger partial charge in [0.2, 0.25) is 5.91 Å². The van der Waals surface area contributed by atoms with Crippen LogP contribution in [0.5, 0.6) is 0 Å². The summed E-state index contributed by atoms with van der Waals surface area (Å²) in [6.07, 6.45) is 94.3. The number of aliphatic hydroxyl groups is 2. The quantitative estimate of drug-likeness (QED) is 0.0320. The number of carbonyl (C=O) groups is 2. The van der Waals surface area contributed by atoms with Crippen molar-refractivity contribution in [3.63, 3.8) is 0 Å². The first-order valence-corrected chi connectivity index (χ1v) is 38.6. The van der Waals surface area contributed by atoms with Gasteiger partial charge in [0.15, 0.2) is 0 Å². The smallest absolute Gasteiger partial charge is 0.305 e. The lowest BCUT2D eigenvalue weighted by molar-refractivity contribution is -0.143. The minimum absolute atomic E-state index is 0.0146. The van der Waals surface area contributed by atoms with E-state index in [0.29, 0.717) is 19.4 Å². The summed E-state index contributed by atoms with van der Waals surface area (Å²) >= 11 is 0. The molecule has 1 amide bonds. The van der Waals surface area contributed by atoms with Crippen LogP contribution in [-0.2, 0) is 14.3 Å². The van der Waals surface area contributed by atoms with E-state index in [4.69, 9.17) is 4.74 Å². The highest BCUT2D eigenvalue weighted by Crippen LogP contribution is 2.20. The minimum atomic E-state index is -0.844. The van der Waals surface area contributed by atoms with E-state index in [1.165, 1.54) is 366 Å². The molecule has 0 heterocycles. The number of allylic oxidation sites excluding steroid dienone is 3. The Morgan fingerprint density at radius 1 is 0.321 bits per heavy atom. The fourth-order valence-corrected chi connectivity index (χ4v) is 12.3. The zero-order valence-corrected chi connectivity index (χ0v) is 57.2. The van der Waals surface area contributed by atoms with Gasteiger partial charge in [0.1, 0.15) is 0 Å². The van der Waals surface area contributed by atoms with Crippen LogP contribution in [0.25, 0.3) is 0 Å². The molecule has 0 aliphatic carbocycles. The molecule has 0 rings (SSSR count). The first kappa shape index (κ1) is 82.3. The van der Waals surface area contributed by atoms with Crippen molar-refractivity contribution < 1.29 is 24.5 Å². The maximum absolute atomic E-state index is 12.6. The lowest BCUT2D eigenvalue weighted by Gasteiger charge is -2.20. The van der Waals surface area contributed by atoms with E-state index in [2.05, 4.69) is 31.3 Å². The van der Waals surface area contributed by atoms with Crippen molar-refractivity contribution in [3.8, 4) is 0 Å². The van der Waals surface area contributed by atoms with Crippen molar-refractivity contribution in [2.45, 2.75) is 450 Å². The molecule has 3 N–H and O–H groups in total. The monoisotopic (exact) mass is 1180 g/mol. The standard InChI is InChI=1S/C78H151NO5/c1-3-5-7-9-11-13-15-17-19-21-22-23-24-29-32-35-39-42-46-50-54-58-62-66-70-76(81)75(74-80)79-77(82)71-67-63-59-55-51-47-43-40-36-33-30-27-25-26-28-31-34-37-41-45-49-53-57-61-65-69-73-84-78(83)72-68-64-60-56-52-48-44-38-20-18-16-14-12-10-8-6-4-2/h18,20,66,70,75-76,80-81H,3-17,19,21-65,67-69,71-74H2,1-2H3,(H,79,82)/b20-18-,70-66+. The molecule has 0 aliphatic rings. The Balaban J connectivity index is 3.37. The average molecular weight is 1180 g/mol. The first-order chi connectivity index (χ1) is 41.5. The van der Waals surface area contributed by atoms with E-state index < -0.39 is 12.1 Å². The molecule has 0 aromatic heterocycles. The molecule has 0 spiro atoms. The Morgan fingerprint density at radius 2 is 0.560 bits per heavy atom. The van der Waals surface area contributed by atoms with Crippen LogP contribution in [0.15, 0.2) is 24.3 Å². The van der Waals surface area contributed by atoms with Gasteiger partial charge in [-0.25, -0.2) is 0 Å². The minimum Gasteiger partial charge on any atom is -0.466 e. The lowest BCUT2D eigenvalue weighted by atomic mass is 10.0. The molecule has 0 saturated heterocycles. The third-order valence-corrected chi connectivity index (χ3v) is 18.2. The van der Waals surface area contributed by atoms with Gasteiger partial charge in [0, 0.05) is 12.8 Å². The van der Waals surface area contributed by atoms with Gasteiger partial charge in [-0.05, 0) is 57.8 Å². The fourth-order valence-electron chi connectivity index (χ4n) is 12.3. The molecule has 2 atom stereocenters. The Labute approximate surface area is 526 Å². The predicted molar refractivity (Wildman–Crippen MR) is 370 cm³/mol. The molecule has 84 heavy (non-hydrogen) atoms. The number of aliphatic hydroxyl groups excluding tert-OH is 2. The number of unbranched alkanes of at least 4 members (excludes halogenated alkanes) is 60. The van der Waals surface area contributed by atoms with Crippen LogP contribution in [0.4, 0.5) is 0 Å². The number of amides is 1. The number of hydrogen-bond acceptors (Lipinski definition) is 5. The van der Waals surface area contributed by atoms with Crippen molar-refractivity contribution >= 4 is 11.9 Å². The van der Waals surface area contributed by atoms with Crippen molar-refractivity contribution in [2.24, 2.45) is 0 Å². The molecule has 6 nitrogen and oxygen atoms in total. The first-order valence-electron chi connectivity index (χ1n) is 38.6. The summed E-state index contributed by atoms with van der Waals surface area (Å²) in [5.41, 5.74) is 0. The summed E-state index contributed by atoms with van der Waals surface area (Å²) in [7, 11) is 0. The normalized spacial score (nSPS) is 12.6. The molecule has 498 valence electrons. The second-order valence-electron chi connectivity index (χ2n) is 26.7. The number of esters is 1. The van der Waals surface area contributed by atoms with Crippen LogP contribution < -0.4 is 5.32 Å². The number of hydrogen-bond donors (Lipinski definition) is 3. The molecular formula is C78H151NO5. The second-order valence-corrected chi connectivity index (χ2v) is 26.7. The summed E-state index contributed by atoms with van der Waals surface area (Å²) in [4.78, 5) is 24.7. The molecule has 0 aromatic rings. The second kappa shape index (κ2) is 73.8. The number of ether oxygens (including phenoxy) is 1. The molecule has 0 fully saturated rings. The van der Waals surface area contributed by atoms with E-state index in [9.17, 15) is 19.8 Å². The van der Waals surface area contributed by atoms with Gasteiger partial charge < -0.3 is 20.3 Å². The van der Waals surface area contributed by atoms with Gasteiger partial charge in [-0.2, -0.15) is 0 Å². The average Bonchev–Trinajstić information content (AvgIpc) is 3.51. The van der Waals surface area contributed by atoms with Crippen LogP contribution in [-0.4, -0.2) is 47.4 Å². The van der Waals surface area contributed by atoms with Gasteiger partial charge in [-0.3, -0.25) is 9.59 Å². The van der Waals surface area contributed by atoms with Gasteiger partial charge in [0.05, 0.1) is 25.4 Å². The van der Waals surface area contributed by atoms with E-state index in [-0.39, 0.29) is 18.5 Å². The van der Waals surface area contributed by atoms with Crippen LogP contribution in [0, 0.1) is 0 Å². The predicted octanol–water partition coefficient (Wildman–Crippen LogP) is 25.3. The van der Waals surface area contributed by atoms with Crippen LogP contribution >= 0.6 is 0 Å². The topological polar surface area (TPSA) is 95.9 Å². The largest absolute Gasteiger partial charge is 0.466 e. The number of carbonyl (C=O) groups excluding carboxylic acids is 2. The van der Waals surface area contributed by atoms with Gasteiger partial charge in [-0.15, -0.1) is 0 Å². The van der Waals surface area contributed by atoms with Crippen molar-refractivity contribution in [1.82, 2.24) is 5.32 Å². The Bertz CT molecular complexity index is 1320. The van der Waals surface area contributed by atoms with Gasteiger partial charge in [0.25, 0.3) is 0 Å². The van der Waals surface area contributed by atoms with Gasteiger partial charge >= 0.3 is 5.97 Å². The maximum atomic E-state index is 12.6. The molecule has 0 aromatic carbocycles.